The number of hydrogen-bond donors (Lipinski definition) is 0. The zero-order chi connectivity index (χ0) is 9.99. The molecule has 0 bridgehead atoms. The molecule has 1 unspecified atom stereocenters. The highest BCUT2D eigenvalue weighted by Gasteiger charge is 2.60. The first-order chi connectivity index (χ1) is 5.20. The molecule has 0 radical (unpaired) electrons. The van der Waals surface area contributed by atoms with Gasteiger partial charge in [0.15, 0.2) is 0 Å². The molecule has 0 rings (SSSR count). The van der Waals surface area contributed by atoms with Crippen LogP contribution < -0.4 is 0 Å². The van der Waals surface area contributed by atoms with Crippen molar-refractivity contribution < 1.29 is 26.7 Å². The fourth-order valence-electron chi connectivity index (χ4n) is 0.403. The summed E-state index contributed by atoms with van der Waals surface area (Å²) in [6, 6.07) is 0. The van der Waals surface area contributed by atoms with Gasteiger partial charge in [0.25, 0.3) is 0 Å². The first kappa shape index (κ1) is 11.6. The number of rotatable bonds is 3. The van der Waals surface area contributed by atoms with Gasteiger partial charge in [0.1, 0.15) is 0 Å². The maximum absolute atomic E-state index is 12.0. The Kier molecular flexibility index (Phi) is 3.44. The Morgan fingerprint density at radius 2 is 1.58 bits per heavy atom. The Hall–Kier alpha value is -0.390. The first-order valence-electron chi connectivity index (χ1n) is 3.33. The van der Waals surface area contributed by atoms with Crippen molar-refractivity contribution in [2.45, 2.75) is 38.7 Å². The number of hydrogen-bond acceptors (Lipinski definition) is 1. The van der Waals surface area contributed by atoms with Crippen LogP contribution in [0.5, 0.6) is 0 Å². The summed E-state index contributed by atoms with van der Waals surface area (Å²) in [5.41, 5.74) is 0. The van der Waals surface area contributed by atoms with E-state index in [9.17, 15) is 22.0 Å². The minimum Gasteiger partial charge on any atom is -0.310 e. The van der Waals surface area contributed by atoms with E-state index in [0.29, 0.717) is 0 Å². The summed E-state index contributed by atoms with van der Waals surface area (Å²) in [5.74, 6) is 0. The summed E-state index contributed by atoms with van der Waals surface area (Å²) >= 11 is 0. The van der Waals surface area contributed by atoms with Gasteiger partial charge in [-0.2, -0.15) is 22.0 Å². The average molecular weight is 192 g/mol. The van der Waals surface area contributed by atoms with Gasteiger partial charge in [0, 0.05) is 0 Å². The van der Waals surface area contributed by atoms with Gasteiger partial charge < -0.3 is 4.74 Å². The molecule has 1 atom stereocenters. The smallest absolute Gasteiger partial charge is 0.310 e. The van der Waals surface area contributed by atoms with Crippen molar-refractivity contribution in [1.82, 2.24) is 0 Å². The largest absolute Gasteiger partial charge is 0.482 e. The van der Waals surface area contributed by atoms with Crippen molar-refractivity contribution in [2.75, 3.05) is 0 Å². The third kappa shape index (κ3) is 2.92. The standard InChI is InChI=1S/C6H9F5O/c1-3-4(2)12-6(10,11)5(7,8)9/h4H,3H2,1-2H3. The number of ether oxygens (including phenoxy) is 1. The summed E-state index contributed by atoms with van der Waals surface area (Å²) < 4.78 is 61.9. The van der Waals surface area contributed by atoms with E-state index in [1.165, 1.54) is 6.92 Å². The molecule has 0 N–H and O–H groups in total. The molecule has 0 aromatic carbocycles. The molecule has 12 heavy (non-hydrogen) atoms. The lowest BCUT2D eigenvalue weighted by molar-refractivity contribution is -0.400. The molecule has 0 aliphatic rings. The SMILES string of the molecule is CCC(C)OC(F)(F)C(F)(F)F. The molecule has 0 saturated heterocycles. The lowest BCUT2D eigenvalue weighted by Crippen LogP contribution is -2.41. The van der Waals surface area contributed by atoms with Gasteiger partial charge in [-0.3, -0.25) is 0 Å². The molecule has 0 heterocycles. The van der Waals surface area contributed by atoms with Crippen molar-refractivity contribution in [3.63, 3.8) is 0 Å². The van der Waals surface area contributed by atoms with Crippen LogP contribution in [0.25, 0.3) is 0 Å². The molecule has 6 heteroatoms. The van der Waals surface area contributed by atoms with E-state index in [-0.39, 0.29) is 6.42 Å². The fourth-order valence-corrected chi connectivity index (χ4v) is 0.403. The Balaban J connectivity index is 4.22. The number of alkyl halides is 5. The van der Waals surface area contributed by atoms with Crippen molar-refractivity contribution >= 4 is 0 Å². The predicted molar refractivity (Wildman–Crippen MR) is 31.8 cm³/mol. The lowest BCUT2D eigenvalue weighted by atomic mass is 10.3. The molecule has 0 saturated carbocycles. The fraction of sp³-hybridized carbons (Fsp3) is 1.00. The highest BCUT2D eigenvalue weighted by molar-refractivity contribution is 4.65. The summed E-state index contributed by atoms with van der Waals surface area (Å²) in [6.07, 6.45) is -11.7. The minimum atomic E-state index is -5.63. The van der Waals surface area contributed by atoms with Gasteiger partial charge >= 0.3 is 12.3 Å². The predicted octanol–water partition coefficient (Wildman–Crippen LogP) is 2.96. The summed E-state index contributed by atoms with van der Waals surface area (Å²) in [6.45, 7) is 2.61. The van der Waals surface area contributed by atoms with Crippen LogP contribution in [0.2, 0.25) is 0 Å². The van der Waals surface area contributed by atoms with Gasteiger partial charge in [-0.1, -0.05) is 6.92 Å². The van der Waals surface area contributed by atoms with E-state index in [4.69, 9.17) is 0 Å². The van der Waals surface area contributed by atoms with Gasteiger partial charge in [0.05, 0.1) is 6.10 Å². The molecule has 1 nitrogen and oxygen atoms in total. The lowest BCUT2D eigenvalue weighted by Gasteiger charge is -2.22. The molecule has 0 aliphatic heterocycles. The van der Waals surface area contributed by atoms with Crippen molar-refractivity contribution in [3.05, 3.63) is 0 Å². The van der Waals surface area contributed by atoms with Crippen molar-refractivity contribution in [1.29, 1.82) is 0 Å². The van der Waals surface area contributed by atoms with Crippen LogP contribution in [-0.2, 0) is 4.74 Å². The molecule has 0 fully saturated rings. The normalized spacial score (nSPS) is 16.2. The van der Waals surface area contributed by atoms with Crippen molar-refractivity contribution in [3.8, 4) is 0 Å². The van der Waals surface area contributed by atoms with Gasteiger partial charge in [-0.05, 0) is 13.3 Å². The van der Waals surface area contributed by atoms with Crippen LogP contribution in [0.1, 0.15) is 20.3 Å². The highest BCUT2D eigenvalue weighted by Crippen LogP contribution is 2.37. The molecule has 0 spiro atoms. The molecular weight excluding hydrogens is 183 g/mol. The molecule has 0 aromatic rings. The first-order valence-corrected chi connectivity index (χ1v) is 3.33. The Morgan fingerprint density at radius 1 is 1.17 bits per heavy atom. The van der Waals surface area contributed by atoms with Crippen LogP contribution in [0.4, 0.5) is 22.0 Å². The van der Waals surface area contributed by atoms with Crippen LogP contribution in [0.15, 0.2) is 0 Å². The maximum atomic E-state index is 12.0. The average Bonchev–Trinajstić information content (AvgIpc) is 1.84. The van der Waals surface area contributed by atoms with Crippen LogP contribution in [0, 0.1) is 0 Å². The van der Waals surface area contributed by atoms with Crippen LogP contribution >= 0.6 is 0 Å². The van der Waals surface area contributed by atoms with Gasteiger partial charge in [-0.15, -0.1) is 0 Å². The van der Waals surface area contributed by atoms with Crippen molar-refractivity contribution in [2.24, 2.45) is 0 Å². The summed E-state index contributed by atoms with van der Waals surface area (Å²) in [7, 11) is 0. The Morgan fingerprint density at radius 3 is 1.83 bits per heavy atom. The van der Waals surface area contributed by atoms with Gasteiger partial charge in [-0.25, -0.2) is 0 Å². The highest BCUT2D eigenvalue weighted by atomic mass is 19.4. The third-order valence-electron chi connectivity index (χ3n) is 1.25. The van der Waals surface area contributed by atoms with E-state index in [0.717, 1.165) is 6.92 Å². The van der Waals surface area contributed by atoms with E-state index >= 15 is 0 Å². The Bertz CT molecular complexity index is 141. The molecule has 0 amide bonds. The second kappa shape index (κ2) is 3.55. The monoisotopic (exact) mass is 192 g/mol. The topological polar surface area (TPSA) is 9.23 Å². The van der Waals surface area contributed by atoms with Crippen LogP contribution in [-0.4, -0.2) is 18.4 Å². The maximum Gasteiger partial charge on any atom is 0.482 e. The quantitative estimate of drug-likeness (QED) is 0.624. The number of halogens is 5. The van der Waals surface area contributed by atoms with E-state index in [2.05, 4.69) is 4.74 Å². The summed E-state index contributed by atoms with van der Waals surface area (Å²) in [5, 5.41) is 0. The second-order valence-electron chi connectivity index (χ2n) is 2.35. The Labute approximate surface area is 66.5 Å². The third-order valence-corrected chi connectivity index (χ3v) is 1.25. The molecule has 0 aliphatic carbocycles. The molecule has 0 aromatic heterocycles. The van der Waals surface area contributed by atoms with E-state index in [1.807, 2.05) is 0 Å². The zero-order valence-electron chi connectivity index (χ0n) is 6.58. The molecular formula is C6H9F5O. The molecule has 74 valence electrons. The van der Waals surface area contributed by atoms with E-state index < -0.39 is 18.4 Å². The minimum absolute atomic E-state index is 0.103. The van der Waals surface area contributed by atoms with Crippen LogP contribution in [0.3, 0.4) is 0 Å². The van der Waals surface area contributed by atoms with Gasteiger partial charge in [0.2, 0.25) is 0 Å². The van der Waals surface area contributed by atoms with E-state index in [1.54, 1.807) is 0 Å². The summed E-state index contributed by atoms with van der Waals surface area (Å²) in [4.78, 5) is 0. The second-order valence-corrected chi connectivity index (χ2v) is 2.35. The zero-order valence-corrected chi connectivity index (χ0v) is 6.58.